The summed E-state index contributed by atoms with van der Waals surface area (Å²) in [5, 5.41) is 6.11. The van der Waals surface area contributed by atoms with Gasteiger partial charge < -0.3 is 10.6 Å². The maximum atomic E-state index is 12.2. The molecule has 1 aliphatic rings. The van der Waals surface area contributed by atoms with Crippen LogP contribution in [-0.2, 0) is 4.79 Å². The first-order chi connectivity index (χ1) is 12.6. The zero-order valence-electron chi connectivity index (χ0n) is 14.5. The molecule has 6 heteroatoms. The predicted molar refractivity (Wildman–Crippen MR) is 105 cm³/mol. The van der Waals surface area contributed by atoms with Gasteiger partial charge in [0.25, 0.3) is 5.91 Å². The van der Waals surface area contributed by atoms with Crippen LogP contribution < -0.4 is 10.6 Å². The number of anilines is 2. The summed E-state index contributed by atoms with van der Waals surface area (Å²) in [6.07, 6.45) is 3.57. The molecule has 3 rings (SSSR count). The number of nitrogens with zero attached hydrogens (tertiary/aromatic N) is 1. The topological polar surface area (TPSA) is 61.4 Å². The number of amides is 2. The Labute approximate surface area is 158 Å². The standard InChI is InChI=1S/C20H22ClN3O2/c21-18-7-3-2-6-17(18)20(26)23-16-10-8-15(9-11-16)22-19(25)14-24-12-4-1-5-13-24/h2-3,6-11H,1,4-5,12-14H2,(H,22,25)(H,23,26). The summed E-state index contributed by atoms with van der Waals surface area (Å²) < 4.78 is 0. The number of halogens is 1. The lowest BCUT2D eigenvalue weighted by Crippen LogP contribution is -2.36. The molecule has 1 saturated heterocycles. The SMILES string of the molecule is O=C(CN1CCCCC1)Nc1ccc(NC(=O)c2ccccc2Cl)cc1. The van der Waals surface area contributed by atoms with Crippen LogP contribution in [0.3, 0.4) is 0 Å². The summed E-state index contributed by atoms with van der Waals surface area (Å²) in [6.45, 7) is 2.39. The molecule has 1 aliphatic heterocycles. The van der Waals surface area contributed by atoms with Crippen LogP contribution in [0.2, 0.25) is 5.02 Å². The average Bonchev–Trinajstić information content (AvgIpc) is 2.64. The third-order valence-electron chi connectivity index (χ3n) is 4.36. The van der Waals surface area contributed by atoms with E-state index in [1.54, 1.807) is 48.5 Å². The van der Waals surface area contributed by atoms with Crippen LogP contribution in [0.15, 0.2) is 48.5 Å². The fraction of sp³-hybridized carbons (Fsp3) is 0.300. The zero-order chi connectivity index (χ0) is 18.4. The number of carbonyl (C=O) groups excluding carboxylic acids is 2. The van der Waals surface area contributed by atoms with E-state index in [1.807, 2.05) is 0 Å². The predicted octanol–water partition coefficient (Wildman–Crippen LogP) is 4.02. The largest absolute Gasteiger partial charge is 0.325 e. The molecule has 1 fully saturated rings. The molecule has 2 N–H and O–H groups in total. The minimum Gasteiger partial charge on any atom is -0.325 e. The Morgan fingerprint density at radius 3 is 2.15 bits per heavy atom. The van der Waals surface area contributed by atoms with E-state index in [2.05, 4.69) is 15.5 Å². The number of hydrogen-bond acceptors (Lipinski definition) is 3. The fourth-order valence-electron chi connectivity index (χ4n) is 3.00. The van der Waals surface area contributed by atoms with Crippen molar-refractivity contribution in [3.63, 3.8) is 0 Å². The number of hydrogen-bond donors (Lipinski definition) is 2. The summed E-state index contributed by atoms with van der Waals surface area (Å²) in [4.78, 5) is 26.6. The molecule has 0 saturated carbocycles. The van der Waals surface area contributed by atoms with Gasteiger partial charge in [-0.15, -0.1) is 0 Å². The monoisotopic (exact) mass is 371 g/mol. The van der Waals surface area contributed by atoms with Crippen LogP contribution in [0, 0.1) is 0 Å². The minimum absolute atomic E-state index is 0.0141. The van der Waals surface area contributed by atoms with E-state index >= 15 is 0 Å². The molecule has 0 spiro atoms. The maximum absolute atomic E-state index is 12.2. The van der Waals surface area contributed by atoms with Gasteiger partial charge in [0.15, 0.2) is 0 Å². The van der Waals surface area contributed by atoms with Crippen molar-refractivity contribution in [2.24, 2.45) is 0 Å². The highest BCUT2D eigenvalue weighted by molar-refractivity contribution is 6.34. The van der Waals surface area contributed by atoms with E-state index in [0.717, 1.165) is 25.9 Å². The molecule has 0 aliphatic carbocycles. The van der Waals surface area contributed by atoms with E-state index in [9.17, 15) is 9.59 Å². The molecule has 136 valence electrons. The van der Waals surface area contributed by atoms with E-state index in [0.29, 0.717) is 28.5 Å². The Hall–Kier alpha value is -2.37. The van der Waals surface area contributed by atoms with Gasteiger partial charge in [-0.3, -0.25) is 14.5 Å². The molecule has 1 heterocycles. The molecule has 2 amide bonds. The van der Waals surface area contributed by atoms with Gasteiger partial charge in [0, 0.05) is 11.4 Å². The summed E-state index contributed by atoms with van der Waals surface area (Å²) in [7, 11) is 0. The van der Waals surface area contributed by atoms with Crippen molar-refractivity contribution in [3.8, 4) is 0 Å². The van der Waals surface area contributed by atoms with E-state index in [1.165, 1.54) is 6.42 Å². The Balaban J connectivity index is 1.54. The van der Waals surface area contributed by atoms with E-state index in [4.69, 9.17) is 11.6 Å². The first-order valence-electron chi connectivity index (χ1n) is 8.80. The van der Waals surface area contributed by atoms with Gasteiger partial charge >= 0.3 is 0 Å². The van der Waals surface area contributed by atoms with Crippen LogP contribution in [-0.4, -0.2) is 36.3 Å². The Morgan fingerprint density at radius 2 is 1.50 bits per heavy atom. The molecule has 0 bridgehead atoms. The molecule has 0 unspecified atom stereocenters. The van der Waals surface area contributed by atoms with Crippen molar-refractivity contribution in [3.05, 3.63) is 59.1 Å². The van der Waals surface area contributed by atoms with E-state index in [-0.39, 0.29) is 11.8 Å². The smallest absolute Gasteiger partial charge is 0.257 e. The van der Waals surface area contributed by atoms with Crippen LogP contribution in [0.25, 0.3) is 0 Å². The van der Waals surface area contributed by atoms with Crippen LogP contribution in [0.5, 0.6) is 0 Å². The zero-order valence-corrected chi connectivity index (χ0v) is 15.3. The second-order valence-corrected chi connectivity index (χ2v) is 6.80. The fourth-order valence-corrected chi connectivity index (χ4v) is 3.22. The van der Waals surface area contributed by atoms with Crippen molar-refractivity contribution in [2.75, 3.05) is 30.3 Å². The lowest BCUT2D eigenvalue weighted by atomic mass is 10.1. The number of likely N-dealkylation sites (tertiary alicyclic amines) is 1. The van der Waals surface area contributed by atoms with Gasteiger partial charge in [0.05, 0.1) is 17.1 Å². The van der Waals surface area contributed by atoms with Crippen molar-refractivity contribution in [1.29, 1.82) is 0 Å². The summed E-state index contributed by atoms with van der Waals surface area (Å²) in [5.74, 6) is -0.280. The van der Waals surface area contributed by atoms with Crippen LogP contribution in [0.4, 0.5) is 11.4 Å². The lowest BCUT2D eigenvalue weighted by Gasteiger charge is -2.25. The van der Waals surface area contributed by atoms with Crippen molar-refractivity contribution in [1.82, 2.24) is 4.90 Å². The highest BCUT2D eigenvalue weighted by Gasteiger charge is 2.14. The molecule has 0 atom stereocenters. The van der Waals surface area contributed by atoms with Gasteiger partial charge in [-0.05, 0) is 62.3 Å². The molecule has 5 nitrogen and oxygen atoms in total. The van der Waals surface area contributed by atoms with Gasteiger partial charge in [0.2, 0.25) is 5.91 Å². The van der Waals surface area contributed by atoms with Crippen LogP contribution >= 0.6 is 11.6 Å². The van der Waals surface area contributed by atoms with Crippen molar-refractivity contribution < 1.29 is 9.59 Å². The Morgan fingerprint density at radius 1 is 0.885 bits per heavy atom. The molecule has 26 heavy (non-hydrogen) atoms. The van der Waals surface area contributed by atoms with Gasteiger partial charge in [-0.2, -0.15) is 0 Å². The molecule has 0 aromatic heterocycles. The molecular weight excluding hydrogens is 350 g/mol. The Kier molecular flexibility index (Phi) is 6.26. The second-order valence-electron chi connectivity index (χ2n) is 6.40. The molecule has 2 aromatic carbocycles. The summed E-state index contributed by atoms with van der Waals surface area (Å²) >= 11 is 6.04. The quantitative estimate of drug-likeness (QED) is 0.834. The third-order valence-corrected chi connectivity index (χ3v) is 4.69. The number of piperidine rings is 1. The minimum atomic E-state index is -0.266. The number of rotatable bonds is 5. The molecule has 2 aromatic rings. The average molecular weight is 372 g/mol. The number of carbonyl (C=O) groups is 2. The van der Waals surface area contributed by atoms with Crippen molar-refractivity contribution in [2.45, 2.75) is 19.3 Å². The van der Waals surface area contributed by atoms with Gasteiger partial charge in [0.1, 0.15) is 0 Å². The second kappa shape index (κ2) is 8.83. The highest BCUT2D eigenvalue weighted by Crippen LogP contribution is 2.19. The maximum Gasteiger partial charge on any atom is 0.257 e. The molecule has 0 radical (unpaired) electrons. The highest BCUT2D eigenvalue weighted by atomic mass is 35.5. The Bertz CT molecular complexity index is 771. The van der Waals surface area contributed by atoms with Gasteiger partial charge in [-0.1, -0.05) is 30.2 Å². The first kappa shape index (κ1) is 18.4. The van der Waals surface area contributed by atoms with Gasteiger partial charge in [-0.25, -0.2) is 0 Å². The number of benzene rings is 2. The molecular formula is C20H22ClN3O2. The van der Waals surface area contributed by atoms with Crippen LogP contribution in [0.1, 0.15) is 29.6 Å². The summed E-state index contributed by atoms with van der Waals surface area (Å²) in [5.41, 5.74) is 1.78. The normalized spacial score (nSPS) is 14.7. The first-order valence-corrected chi connectivity index (χ1v) is 9.18. The third kappa shape index (κ3) is 5.07. The van der Waals surface area contributed by atoms with Crippen molar-refractivity contribution >= 4 is 34.8 Å². The summed E-state index contributed by atoms with van der Waals surface area (Å²) in [6, 6.07) is 14.0. The lowest BCUT2D eigenvalue weighted by molar-refractivity contribution is -0.117. The number of nitrogens with one attached hydrogen (secondary N) is 2. The van der Waals surface area contributed by atoms with E-state index < -0.39 is 0 Å².